The second-order valence-corrected chi connectivity index (χ2v) is 25.4. The highest BCUT2D eigenvalue weighted by molar-refractivity contribution is 5.95. The first-order chi connectivity index (χ1) is 42.7. The van der Waals surface area contributed by atoms with Crippen LogP contribution in [-0.2, 0) is 40.2 Å². The van der Waals surface area contributed by atoms with Crippen LogP contribution in [0.3, 0.4) is 0 Å². The highest BCUT2D eigenvalue weighted by atomic mass is 16.5. The minimum atomic E-state index is -0.253. The Morgan fingerprint density at radius 3 is 1.64 bits per heavy atom. The number of hydrogen-bond donors (Lipinski definition) is 0. The number of piperidine rings is 1. The first-order valence-electron chi connectivity index (χ1n) is 31.9. The summed E-state index contributed by atoms with van der Waals surface area (Å²) in [6.45, 7) is 21.5. The van der Waals surface area contributed by atoms with Gasteiger partial charge in [-0.1, -0.05) is 18.7 Å². The van der Waals surface area contributed by atoms with Gasteiger partial charge in [-0.2, -0.15) is 40.7 Å². The molecule has 12 rings (SSSR count). The Morgan fingerprint density at radius 2 is 1.17 bits per heavy atom. The summed E-state index contributed by atoms with van der Waals surface area (Å²) in [5.41, 5.74) is 11.3. The standard InChI is InChI=1S/C34H45N9O3.C32H44N8O2/c1-6-30(44)42-17-16-41(21-25(42)12-14-35)33-26-13-15-40(22-28(26)37-34(38-33)46-24(3)20-39(4)5)32-23(2)10-11-29-27(32)19-36-43(29)31-9-7-8-18-45-31;1-22-10-11-28-26(18-34-40(28)29-9-5-6-17-41-29)30(22)38-16-13-25-27(21-38)35-32(42-23(2)19-37(3)4)36-31(25)39-15-7-8-24(20-39)12-14-33/h6,10-11,19,24-25,31H,1,7-9,12-13,15-18,20-22H2,2-5H3;10-11,18,23-24,29H,5-9,12-13,15-17,19-21H2,1-4H3/t24-,25?,31?;23-,24?,29?/m11/s1. The number of aromatic nitrogens is 8. The summed E-state index contributed by atoms with van der Waals surface area (Å²) < 4.78 is 28.9. The number of carbonyl (C=O) groups excluding carboxylic acids is 1. The highest BCUT2D eigenvalue weighted by Crippen LogP contribution is 2.41. The Bertz CT molecular complexity index is 3520. The summed E-state index contributed by atoms with van der Waals surface area (Å²) in [5.74, 6) is 2.05. The summed E-state index contributed by atoms with van der Waals surface area (Å²) in [5, 5.41) is 30.8. The van der Waals surface area contributed by atoms with Crippen molar-refractivity contribution in [2.45, 2.75) is 149 Å². The molecular weight excluding hydrogens is 1110 g/mol. The average Bonchev–Trinajstić information content (AvgIpc) is 1.77. The molecule has 0 spiro atoms. The molecule has 1 amide bonds. The van der Waals surface area contributed by atoms with Gasteiger partial charge in [-0.05, 0) is 155 Å². The molecule has 6 aliphatic rings. The number of ether oxygens (including phenoxy) is 4. The molecule has 10 heterocycles. The molecule has 4 saturated heterocycles. The molecule has 0 saturated carbocycles. The molecule has 0 N–H and O–H groups in total. The molecule has 0 bridgehead atoms. The van der Waals surface area contributed by atoms with Crippen molar-refractivity contribution in [1.29, 1.82) is 10.5 Å². The number of fused-ring (bicyclic) bond motifs is 4. The summed E-state index contributed by atoms with van der Waals surface area (Å²) >= 11 is 0. The SMILES string of the molecule is C=CC(=O)N1CCN(c2nc(O[C@H](C)CN(C)C)nc3c2CCN(c2c(C)ccc4c2cnn4C2CCCCO2)C3)CC1CC#N.Cc1ccc2c(cnn2C2CCCCO2)c1N1CCc2c(nc(O[C@H](C)CN(C)C)nc2N2CCCC(CC#N)C2)C1. The molecule has 22 heteroatoms. The van der Waals surface area contributed by atoms with Crippen molar-refractivity contribution in [3.8, 4) is 24.2 Å². The van der Waals surface area contributed by atoms with E-state index in [1.165, 1.54) is 40.6 Å². The Balaban J connectivity index is 0.000000183. The molecule has 4 unspecified atom stereocenters. The van der Waals surface area contributed by atoms with Gasteiger partial charge in [-0.25, -0.2) is 9.36 Å². The summed E-state index contributed by atoms with van der Waals surface area (Å²) in [7, 11) is 8.13. The van der Waals surface area contributed by atoms with Crippen molar-refractivity contribution >= 4 is 50.7 Å². The largest absolute Gasteiger partial charge is 0.459 e. The quantitative estimate of drug-likeness (QED) is 0.0781. The van der Waals surface area contributed by atoms with E-state index in [1.807, 2.05) is 52.2 Å². The van der Waals surface area contributed by atoms with E-state index in [0.717, 1.165) is 161 Å². The maximum absolute atomic E-state index is 12.6. The lowest BCUT2D eigenvalue weighted by Crippen LogP contribution is -2.55. The van der Waals surface area contributed by atoms with E-state index in [2.05, 4.69) is 97.8 Å². The number of nitrogens with zero attached hydrogens (tertiary/aromatic N) is 17. The lowest BCUT2D eigenvalue weighted by atomic mass is 9.94. The fourth-order valence-corrected chi connectivity index (χ4v) is 14.1. The first-order valence-corrected chi connectivity index (χ1v) is 31.9. The van der Waals surface area contributed by atoms with Gasteiger partial charge in [0.25, 0.3) is 0 Å². The van der Waals surface area contributed by atoms with Crippen LogP contribution in [0.4, 0.5) is 23.0 Å². The molecule has 468 valence electrons. The molecular formula is C66H89N17O5. The molecule has 4 aromatic heterocycles. The lowest BCUT2D eigenvalue weighted by molar-refractivity contribution is -0.128. The number of nitriles is 2. The van der Waals surface area contributed by atoms with Crippen LogP contribution in [0.1, 0.15) is 124 Å². The van der Waals surface area contributed by atoms with Crippen LogP contribution in [0.15, 0.2) is 49.3 Å². The van der Waals surface area contributed by atoms with E-state index < -0.39 is 0 Å². The maximum atomic E-state index is 12.6. The number of hydrogen-bond acceptors (Lipinski definition) is 19. The number of rotatable bonds is 17. The minimum Gasteiger partial charge on any atom is -0.459 e. The monoisotopic (exact) mass is 1200 g/mol. The number of aryl methyl sites for hydroxylation is 2. The fraction of sp³-hybridized carbons (Fsp3) is 0.591. The first kappa shape index (κ1) is 62.0. The third-order valence-corrected chi connectivity index (χ3v) is 18.1. The zero-order valence-corrected chi connectivity index (χ0v) is 53.0. The van der Waals surface area contributed by atoms with Crippen molar-refractivity contribution < 1.29 is 23.7 Å². The second kappa shape index (κ2) is 27.8. The number of carbonyl (C=O) groups is 1. The fourth-order valence-electron chi connectivity index (χ4n) is 14.1. The molecule has 22 nitrogen and oxygen atoms in total. The van der Waals surface area contributed by atoms with Gasteiger partial charge in [0.1, 0.15) is 23.8 Å². The topological polar surface area (TPSA) is 211 Å². The van der Waals surface area contributed by atoms with Gasteiger partial charge in [0.2, 0.25) is 5.91 Å². The number of benzene rings is 2. The number of piperazine rings is 1. The van der Waals surface area contributed by atoms with Gasteiger partial charge in [0.15, 0.2) is 12.5 Å². The smallest absolute Gasteiger partial charge is 0.318 e. The molecule has 0 aliphatic carbocycles. The van der Waals surface area contributed by atoms with Crippen LogP contribution in [0, 0.1) is 42.4 Å². The van der Waals surface area contributed by atoms with Gasteiger partial charge in [0.05, 0.1) is 83.9 Å². The second-order valence-electron chi connectivity index (χ2n) is 25.4. The van der Waals surface area contributed by atoms with Crippen molar-refractivity contribution in [2.24, 2.45) is 5.92 Å². The Morgan fingerprint density at radius 1 is 0.659 bits per heavy atom. The highest BCUT2D eigenvalue weighted by Gasteiger charge is 2.36. The van der Waals surface area contributed by atoms with E-state index in [1.54, 1.807) is 4.90 Å². The Hall–Kier alpha value is -7.63. The molecule has 88 heavy (non-hydrogen) atoms. The molecule has 6 atom stereocenters. The zero-order valence-electron chi connectivity index (χ0n) is 53.0. The molecule has 4 fully saturated rings. The predicted molar refractivity (Wildman–Crippen MR) is 341 cm³/mol. The summed E-state index contributed by atoms with van der Waals surface area (Å²) in [6.07, 6.45) is 16.2. The van der Waals surface area contributed by atoms with Crippen LogP contribution < -0.4 is 29.1 Å². The van der Waals surface area contributed by atoms with E-state index >= 15 is 0 Å². The van der Waals surface area contributed by atoms with Gasteiger partial charge >= 0.3 is 12.0 Å². The van der Waals surface area contributed by atoms with Gasteiger partial charge in [-0.15, -0.1) is 0 Å². The van der Waals surface area contributed by atoms with E-state index in [-0.39, 0.29) is 43.0 Å². The van der Waals surface area contributed by atoms with E-state index in [0.29, 0.717) is 57.1 Å². The van der Waals surface area contributed by atoms with Crippen molar-refractivity contribution in [1.82, 2.24) is 54.2 Å². The molecule has 2 aromatic carbocycles. The number of anilines is 4. The van der Waals surface area contributed by atoms with Crippen LogP contribution in [0.2, 0.25) is 0 Å². The molecule has 0 radical (unpaired) electrons. The average molecular weight is 1200 g/mol. The number of amides is 1. The van der Waals surface area contributed by atoms with Crippen LogP contribution in [0.25, 0.3) is 21.8 Å². The van der Waals surface area contributed by atoms with Crippen molar-refractivity contribution in [3.05, 3.63) is 83.0 Å². The predicted octanol–water partition coefficient (Wildman–Crippen LogP) is 8.70. The Labute approximate surface area is 518 Å². The van der Waals surface area contributed by atoms with E-state index in [9.17, 15) is 15.3 Å². The normalized spacial score (nSPS) is 21.3. The summed E-state index contributed by atoms with van der Waals surface area (Å²) in [6, 6.07) is 13.9. The van der Waals surface area contributed by atoms with Crippen LogP contribution >= 0.6 is 0 Å². The van der Waals surface area contributed by atoms with Crippen LogP contribution in [0.5, 0.6) is 12.0 Å². The van der Waals surface area contributed by atoms with Crippen LogP contribution in [-0.4, -0.2) is 179 Å². The minimum absolute atomic E-state index is 0.00227. The van der Waals surface area contributed by atoms with Crippen molar-refractivity contribution in [2.75, 3.05) is 120 Å². The lowest BCUT2D eigenvalue weighted by Gasteiger charge is -2.42. The zero-order chi connectivity index (χ0) is 61.6. The van der Waals surface area contributed by atoms with Gasteiger partial charge in [-0.3, -0.25) is 4.79 Å². The molecule has 6 aromatic rings. The third kappa shape index (κ3) is 13.7. The van der Waals surface area contributed by atoms with E-state index in [4.69, 9.17) is 49.1 Å². The molecule has 6 aliphatic heterocycles. The number of likely N-dealkylation sites (N-methyl/N-ethyl adjacent to an activating group) is 2. The maximum Gasteiger partial charge on any atom is 0.318 e. The van der Waals surface area contributed by atoms with Crippen molar-refractivity contribution in [3.63, 3.8) is 0 Å². The third-order valence-electron chi connectivity index (χ3n) is 18.1. The summed E-state index contributed by atoms with van der Waals surface area (Å²) in [4.78, 5) is 48.0. The Kier molecular flexibility index (Phi) is 19.6. The van der Waals surface area contributed by atoms with Gasteiger partial charge < -0.3 is 53.2 Å². The van der Waals surface area contributed by atoms with Gasteiger partial charge in [0, 0.05) is 100 Å².